The van der Waals surface area contributed by atoms with Crippen molar-refractivity contribution in [3.63, 3.8) is 0 Å². The normalized spacial score (nSPS) is 18.4. The van der Waals surface area contributed by atoms with Gasteiger partial charge in [0.05, 0.1) is 6.54 Å². The van der Waals surface area contributed by atoms with Crippen LogP contribution >= 0.6 is 0 Å². The van der Waals surface area contributed by atoms with Gasteiger partial charge >= 0.3 is 0 Å². The van der Waals surface area contributed by atoms with E-state index in [1.165, 1.54) is 4.90 Å². The Morgan fingerprint density at radius 1 is 1.71 bits per heavy atom. The molecule has 1 N–H and O–H groups in total. The lowest BCUT2D eigenvalue weighted by molar-refractivity contribution is -0.134. The Bertz CT molecular complexity index is 273. The number of aliphatic hydroxyl groups excluding tert-OH is 1. The molecule has 78 valence electrons. The predicted octanol–water partition coefficient (Wildman–Crippen LogP) is 0.115. The molecule has 1 fully saturated rings. The number of likely N-dealkylation sites (tertiary alicyclic amines) is 1. The fourth-order valence-corrected chi connectivity index (χ4v) is 1.42. The van der Waals surface area contributed by atoms with Gasteiger partial charge in [0.2, 0.25) is 5.91 Å². The van der Waals surface area contributed by atoms with Crippen LogP contribution in [0, 0.1) is 0 Å². The zero-order chi connectivity index (χ0) is 10.7. The van der Waals surface area contributed by atoms with Crippen LogP contribution in [-0.4, -0.2) is 40.9 Å². The third-order valence-electron chi connectivity index (χ3n) is 2.29. The standard InChI is InChI=1S/C10H15NO3/c1-7(2)10(14)8(12)6-11-5-3-4-9(11)13/h10,14H,1,3-6H2,2H3. The first-order valence-electron chi connectivity index (χ1n) is 4.66. The van der Waals surface area contributed by atoms with Crippen LogP contribution in [-0.2, 0) is 9.59 Å². The lowest BCUT2D eigenvalue weighted by atomic mass is 10.1. The summed E-state index contributed by atoms with van der Waals surface area (Å²) >= 11 is 0. The molecule has 4 nitrogen and oxygen atoms in total. The van der Waals surface area contributed by atoms with Crippen molar-refractivity contribution in [2.24, 2.45) is 0 Å². The Kier molecular flexibility index (Phi) is 3.41. The maximum absolute atomic E-state index is 11.4. The zero-order valence-electron chi connectivity index (χ0n) is 8.32. The van der Waals surface area contributed by atoms with Crippen molar-refractivity contribution in [2.45, 2.75) is 25.9 Å². The minimum atomic E-state index is -1.14. The number of hydrogen-bond acceptors (Lipinski definition) is 3. The maximum Gasteiger partial charge on any atom is 0.223 e. The lowest BCUT2D eigenvalue weighted by Crippen LogP contribution is -2.36. The highest BCUT2D eigenvalue weighted by Crippen LogP contribution is 2.10. The highest BCUT2D eigenvalue weighted by atomic mass is 16.3. The highest BCUT2D eigenvalue weighted by molar-refractivity contribution is 5.91. The smallest absolute Gasteiger partial charge is 0.223 e. The van der Waals surface area contributed by atoms with Crippen LogP contribution in [0.2, 0.25) is 0 Å². The van der Waals surface area contributed by atoms with E-state index in [-0.39, 0.29) is 18.2 Å². The molecule has 1 saturated heterocycles. The maximum atomic E-state index is 11.4. The summed E-state index contributed by atoms with van der Waals surface area (Å²) in [4.78, 5) is 24.0. The number of amides is 1. The van der Waals surface area contributed by atoms with Gasteiger partial charge in [0.25, 0.3) is 0 Å². The Balaban J connectivity index is 2.48. The van der Waals surface area contributed by atoms with E-state index in [0.29, 0.717) is 18.5 Å². The number of aliphatic hydroxyl groups is 1. The van der Waals surface area contributed by atoms with Crippen LogP contribution in [0.25, 0.3) is 0 Å². The predicted molar refractivity (Wildman–Crippen MR) is 51.6 cm³/mol. The van der Waals surface area contributed by atoms with E-state index in [4.69, 9.17) is 0 Å². The molecule has 1 heterocycles. The van der Waals surface area contributed by atoms with E-state index >= 15 is 0 Å². The average Bonchev–Trinajstić information content (AvgIpc) is 2.50. The van der Waals surface area contributed by atoms with Crippen molar-refractivity contribution in [1.29, 1.82) is 0 Å². The molecule has 1 aliphatic rings. The summed E-state index contributed by atoms with van der Waals surface area (Å²) in [6.07, 6.45) is 0.175. The SMILES string of the molecule is C=C(C)C(O)C(=O)CN1CCCC1=O. The summed E-state index contributed by atoms with van der Waals surface area (Å²) in [5, 5.41) is 9.35. The Morgan fingerprint density at radius 2 is 2.36 bits per heavy atom. The van der Waals surface area contributed by atoms with Gasteiger partial charge in [0, 0.05) is 13.0 Å². The highest BCUT2D eigenvalue weighted by Gasteiger charge is 2.25. The minimum absolute atomic E-state index is 0.00681. The molecule has 14 heavy (non-hydrogen) atoms. The van der Waals surface area contributed by atoms with Crippen molar-refractivity contribution in [1.82, 2.24) is 4.90 Å². The fourth-order valence-electron chi connectivity index (χ4n) is 1.42. The van der Waals surface area contributed by atoms with Gasteiger partial charge < -0.3 is 10.0 Å². The molecular weight excluding hydrogens is 182 g/mol. The van der Waals surface area contributed by atoms with Gasteiger partial charge in [-0.05, 0) is 18.9 Å². The molecule has 0 radical (unpaired) electrons. The van der Waals surface area contributed by atoms with Gasteiger partial charge in [-0.25, -0.2) is 0 Å². The van der Waals surface area contributed by atoms with Crippen LogP contribution in [0.15, 0.2) is 12.2 Å². The summed E-state index contributed by atoms with van der Waals surface area (Å²) in [5.41, 5.74) is 0.418. The van der Waals surface area contributed by atoms with Gasteiger partial charge in [0.1, 0.15) is 6.10 Å². The second-order valence-electron chi connectivity index (χ2n) is 3.63. The summed E-state index contributed by atoms with van der Waals surface area (Å²) in [5.74, 6) is -0.361. The number of carbonyl (C=O) groups excluding carboxylic acids is 2. The van der Waals surface area contributed by atoms with E-state index in [2.05, 4.69) is 6.58 Å². The van der Waals surface area contributed by atoms with E-state index in [9.17, 15) is 14.7 Å². The zero-order valence-corrected chi connectivity index (χ0v) is 8.32. The first-order chi connectivity index (χ1) is 6.52. The van der Waals surface area contributed by atoms with E-state index in [0.717, 1.165) is 6.42 Å². The van der Waals surface area contributed by atoms with Crippen molar-refractivity contribution in [3.8, 4) is 0 Å². The van der Waals surface area contributed by atoms with Crippen LogP contribution in [0.1, 0.15) is 19.8 Å². The van der Waals surface area contributed by atoms with Crippen LogP contribution in [0.3, 0.4) is 0 Å². The number of nitrogens with zero attached hydrogens (tertiary/aromatic N) is 1. The monoisotopic (exact) mass is 197 g/mol. The second kappa shape index (κ2) is 4.37. The number of ketones is 1. The molecule has 0 saturated carbocycles. The van der Waals surface area contributed by atoms with Crippen molar-refractivity contribution >= 4 is 11.7 Å². The summed E-state index contributed by atoms with van der Waals surface area (Å²) in [6.45, 7) is 5.71. The third kappa shape index (κ3) is 2.42. The molecule has 4 heteroatoms. The first-order valence-corrected chi connectivity index (χ1v) is 4.66. The molecule has 0 aliphatic carbocycles. The Morgan fingerprint density at radius 3 is 2.79 bits per heavy atom. The fraction of sp³-hybridized carbons (Fsp3) is 0.600. The average molecular weight is 197 g/mol. The molecule has 1 aliphatic heterocycles. The van der Waals surface area contributed by atoms with Gasteiger partial charge in [0.15, 0.2) is 5.78 Å². The summed E-state index contributed by atoms with van der Waals surface area (Å²) in [7, 11) is 0. The number of carbonyl (C=O) groups is 2. The van der Waals surface area contributed by atoms with Gasteiger partial charge in [-0.2, -0.15) is 0 Å². The molecule has 1 atom stereocenters. The quantitative estimate of drug-likeness (QED) is 0.651. The van der Waals surface area contributed by atoms with E-state index in [1.54, 1.807) is 6.92 Å². The molecular formula is C10H15NO3. The van der Waals surface area contributed by atoms with Crippen LogP contribution in [0.4, 0.5) is 0 Å². The van der Waals surface area contributed by atoms with Crippen molar-refractivity contribution < 1.29 is 14.7 Å². The first kappa shape index (κ1) is 10.9. The van der Waals surface area contributed by atoms with Crippen LogP contribution < -0.4 is 0 Å². The van der Waals surface area contributed by atoms with Gasteiger partial charge in [-0.1, -0.05) is 6.58 Å². The van der Waals surface area contributed by atoms with E-state index in [1.807, 2.05) is 0 Å². The molecule has 1 amide bonds. The molecule has 0 aromatic carbocycles. The third-order valence-corrected chi connectivity index (χ3v) is 2.29. The number of rotatable bonds is 4. The Hall–Kier alpha value is -1.16. The molecule has 0 bridgehead atoms. The Labute approximate surface area is 83.2 Å². The number of hydrogen-bond donors (Lipinski definition) is 1. The second-order valence-corrected chi connectivity index (χ2v) is 3.63. The topological polar surface area (TPSA) is 57.6 Å². The number of Topliss-reactive ketones (excluding diaryl/α,β-unsaturated/α-hetero) is 1. The molecule has 0 aromatic heterocycles. The molecule has 0 aromatic rings. The van der Waals surface area contributed by atoms with E-state index < -0.39 is 6.10 Å². The summed E-state index contributed by atoms with van der Waals surface area (Å²) < 4.78 is 0. The molecule has 1 unspecified atom stereocenters. The van der Waals surface area contributed by atoms with Crippen molar-refractivity contribution in [2.75, 3.05) is 13.1 Å². The van der Waals surface area contributed by atoms with Crippen LogP contribution in [0.5, 0.6) is 0 Å². The summed E-state index contributed by atoms with van der Waals surface area (Å²) in [6, 6.07) is 0. The van der Waals surface area contributed by atoms with Gasteiger partial charge in [-0.3, -0.25) is 9.59 Å². The lowest BCUT2D eigenvalue weighted by Gasteiger charge is -2.16. The molecule has 0 spiro atoms. The largest absolute Gasteiger partial charge is 0.381 e. The molecule has 1 rings (SSSR count). The minimum Gasteiger partial charge on any atom is -0.381 e. The van der Waals surface area contributed by atoms with Crippen molar-refractivity contribution in [3.05, 3.63) is 12.2 Å². The van der Waals surface area contributed by atoms with Gasteiger partial charge in [-0.15, -0.1) is 0 Å².